The molecule has 1 unspecified atom stereocenters. The number of benzene rings is 1. The molecule has 1 aromatic carbocycles. The van der Waals surface area contributed by atoms with Gasteiger partial charge in [0.05, 0.1) is 0 Å². The highest BCUT2D eigenvalue weighted by molar-refractivity contribution is 6.30. The second-order valence-corrected chi connectivity index (χ2v) is 5.67. The Morgan fingerprint density at radius 3 is 2.72 bits per heavy atom. The zero-order valence-corrected chi connectivity index (χ0v) is 11.6. The van der Waals surface area contributed by atoms with Gasteiger partial charge in [-0.25, -0.2) is 4.39 Å². The van der Waals surface area contributed by atoms with Crippen molar-refractivity contribution < 1.29 is 4.39 Å². The predicted octanol–water partition coefficient (Wildman–Crippen LogP) is 4.71. The summed E-state index contributed by atoms with van der Waals surface area (Å²) in [5, 5.41) is 3.68. The summed E-state index contributed by atoms with van der Waals surface area (Å²) in [5.41, 5.74) is 0.736. The maximum Gasteiger partial charge on any atom is 0.129 e. The van der Waals surface area contributed by atoms with Crippen molar-refractivity contribution in [2.24, 2.45) is 5.92 Å². The van der Waals surface area contributed by atoms with Gasteiger partial charge in [0, 0.05) is 16.6 Å². The molecular formula is C15H21ClFN. The Balaban J connectivity index is 1.98. The summed E-state index contributed by atoms with van der Waals surface area (Å²) in [6, 6.07) is 5.06. The van der Waals surface area contributed by atoms with E-state index in [1.54, 1.807) is 12.1 Å². The van der Waals surface area contributed by atoms with Gasteiger partial charge < -0.3 is 5.32 Å². The van der Waals surface area contributed by atoms with Gasteiger partial charge in [0.2, 0.25) is 0 Å². The molecule has 1 N–H and O–H groups in total. The highest BCUT2D eigenvalue weighted by atomic mass is 35.5. The highest BCUT2D eigenvalue weighted by Crippen LogP contribution is 2.32. The van der Waals surface area contributed by atoms with E-state index in [0.29, 0.717) is 5.02 Å². The number of nitrogens with one attached hydrogen (secondary N) is 1. The molecular weight excluding hydrogens is 249 g/mol. The monoisotopic (exact) mass is 269 g/mol. The van der Waals surface area contributed by atoms with Crippen LogP contribution < -0.4 is 5.32 Å². The van der Waals surface area contributed by atoms with Crippen LogP contribution in [0.3, 0.4) is 0 Å². The fourth-order valence-corrected chi connectivity index (χ4v) is 3.10. The van der Waals surface area contributed by atoms with E-state index in [9.17, 15) is 4.39 Å². The van der Waals surface area contributed by atoms with E-state index < -0.39 is 0 Å². The number of halogens is 2. The molecule has 1 aliphatic carbocycles. The van der Waals surface area contributed by atoms with Crippen LogP contribution in [0.1, 0.15) is 50.1 Å². The van der Waals surface area contributed by atoms with Crippen LogP contribution in [-0.2, 0) is 0 Å². The molecule has 1 nitrogen and oxygen atoms in total. The molecule has 0 saturated heterocycles. The minimum absolute atomic E-state index is 0.0999. The SMILES string of the molecule is CNC(CCC1CCCC1)c1ccc(Cl)cc1F. The van der Waals surface area contributed by atoms with Gasteiger partial charge in [-0.1, -0.05) is 43.4 Å². The van der Waals surface area contributed by atoms with Gasteiger partial charge >= 0.3 is 0 Å². The van der Waals surface area contributed by atoms with Crippen LogP contribution >= 0.6 is 11.6 Å². The molecule has 0 radical (unpaired) electrons. The average molecular weight is 270 g/mol. The molecule has 0 spiro atoms. The number of hydrogen-bond donors (Lipinski definition) is 1. The zero-order valence-electron chi connectivity index (χ0n) is 10.9. The second kappa shape index (κ2) is 6.53. The Bertz CT molecular complexity index is 388. The van der Waals surface area contributed by atoms with Crippen molar-refractivity contribution in [1.29, 1.82) is 0 Å². The van der Waals surface area contributed by atoms with Gasteiger partial charge in [-0.3, -0.25) is 0 Å². The van der Waals surface area contributed by atoms with Gasteiger partial charge in [0.25, 0.3) is 0 Å². The third-order valence-corrected chi connectivity index (χ3v) is 4.26. The van der Waals surface area contributed by atoms with Gasteiger partial charge in [0.1, 0.15) is 5.82 Å². The molecule has 1 saturated carbocycles. The number of hydrogen-bond acceptors (Lipinski definition) is 1. The minimum atomic E-state index is -0.201. The summed E-state index contributed by atoms with van der Waals surface area (Å²) < 4.78 is 13.9. The Morgan fingerprint density at radius 2 is 2.11 bits per heavy atom. The Morgan fingerprint density at radius 1 is 1.39 bits per heavy atom. The average Bonchev–Trinajstić information content (AvgIpc) is 2.85. The largest absolute Gasteiger partial charge is 0.313 e. The topological polar surface area (TPSA) is 12.0 Å². The van der Waals surface area contributed by atoms with E-state index >= 15 is 0 Å². The summed E-state index contributed by atoms with van der Waals surface area (Å²) >= 11 is 5.79. The van der Waals surface area contributed by atoms with Gasteiger partial charge in [-0.05, 0) is 37.9 Å². The first-order valence-corrected chi connectivity index (χ1v) is 7.20. The van der Waals surface area contributed by atoms with Crippen molar-refractivity contribution in [3.8, 4) is 0 Å². The van der Waals surface area contributed by atoms with Gasteiger partial charge in [-0.2, -0.15) is 0 Å². The van der Waals surface area contributed by atoms with Crippen LogP contribution in [0, 0.1) is 11.7 Å². The molecule has 0 aromatic heterocycles. The van der Waals surface area contributed by atoms with Gasteiger partial charge in [-0.15, -0.1) is 0 Å². The van der Waals surface area contributed by atoms with Crippen LogP contribution in [0.25, 0.3) is 0 Å². The predicted molar refractivity (Wildman–Crippen MR) is 74.4 cm³/mol. The molecule has 1 atom stereocenters. The highest BCUT2D eigenvalue weighted by Gasteiger charge is 2.19. The van der Waals surface area contributed by atoms with E-state index in [0.717, 1.165) is 17.9 Å². The molecule has 0 bridgehead atoms. The van der Waals surface area contributed by atoms with E-state index in [-0.39, 0.29) is 11.9 Å². The van der Waals surface area contributed by atoms with E-state index in [4.69, 9.17) is 11.6 Å². The van der Waals surface area contributed by atoms with Crippen molar-refractivity contribution >= 4 is 11.6 Å². The van der Waals surface area contributed by atoms with Crippen LogP contribution in [0.5, 0.6) is 0 Å². The molecule has 1 aliphatic rings. The standard InChI is InChI=1S/C15H21ClFN/c1-18-15(9-6-11-4-2-3-5-11)13-8-7-12(16)10-14(13)17/h7-8,10-11,15,18H,2-6,9H2,1H3. The summed E-state index contributed by atoms with van der Waals surface area (Å²) in [6.07, 6.45) is 7.61. The summed E-state index contributed by atoms with van der Waals surface area (Å²) in [4.78, 5) is 0. The molecule has 100 valence electrons. The van der Waals surface area contributed by atoms with E-state index in [1.807, 2.05) is 7.05 Å². The van der Waals surface area contributed by atoms with Gasteiger partial charge in [0.15, 0.2) is 0 Å². The zero-order chi connectivity index (χ0) is 13.0. The van der Waals surface area contributed by atoms with Crippen LogP contribution in [0.15, 0.2) is 18.2 Å². The number of rotatable bonds is 5. The first-order chi connectivity index (χ1) is 8.70. The fraction of sp³-hybridized carbons (Fsp3) is 0.600. The molecule has 0 heterocycles. The third kappa shape index (κ3) is 3.46. The lowest BCUT2D eigenvalue weighted by Gasteiger charge is -2.19. The quantitative estimate of drug-likeness (QED) is 0.816. The maximum absolute atomic E-state index is 13.9. The first-order valence-electron chi connectivity index (χ1n) is 6.83. The molecule has 1 fully saturated rings. The lowest BCUT2D eigenvalue weighted by Crippen LogP contribution is -2.18. The van der Waals surface area contributed by atoms with E-state index in [1.165, 1.54) is 38.2 Å². The molecule has 3 heteroatoms. The Hall–Kier alpha value is -0.600. The van der Waals surface area contributed by atoms with Crippen molar-refractivity contribution in [2.75, 3.05) is 7.05 Å². The summed E-state index contributed by atoms with van der Waals surface area (Å²) in [5.74, 6) is 0.643. The normalized spacial score (nSPS) is 18.2. The maximum atomic E-state index is 13.9. The fourth-order valence-electron chi connectivity index (χ4n) is 2.94. The van der Waals surface area contributed by atoms with Crippen LogP contribution in [-0.4, -0.2) is 7.05 Å². The summed E-state index contributed by atoms with van der Waals surface area (Å²) in [6.45, 7) is 0. The van der Waals surface area contributed by atoms with Crippen molar-refractivity contribution in [1.82, 2.24) is 5.32 Å². The third-order valence-electron chi connectivity index (χ3n) is 4.02. The Labute approximate surface area is 114 Å². The van der Waals surface area contributed by atoms with E-state index in [2.05, 4.69) is 5.32 Å². The molecule has 18 heavy (non-hydrogen) atoms. The smallest absolute Gasteiger partial charge is 0.129 e. The van der Waals surface area contributed by atoms with Crippen molar-refractivity contribution in [3.05, 3.63) is 34.6 Å². The molecule has 1 aromatic rings. The molecule has 0 aliphatic heterocycles. The van der Waals surface area contributed by atoms with Crippen molar-refractivity contribution in [2.45, 2.75) is 44.6 Å². The van der Waals surface area contributed by atoms with Crippen LogP contribution in [0.2, 0.25) is 5.02 Å². The minimum Gasteiger partial charge on any atom is -0.313 e. The lowest BCUT2D eigenvalue weighted by atomic mass is 9.94. The van der Waals surface area contributed by atoms with Crippen LogP contribution in [0.4, 0.5) is 4.39 Å². The molecule has 2 rings (SSSR count). The lowest BCUT2D eigenvalue weighted by molar-refractivity contribution is 0.418. The second-order valence-electron chi connectivity index (χ2n) is 5.23. The summed E-state index contributed by atoms with van der Waals surface area (Å²) in [7, 11) is 1.90. The Kier molecular flexibility index (Phi) is 5.02. The molecule has 0 amide bonds. The first kappa shape index (κ1) is 13.8. The van der Waals surface area contributed by atoms with Crippen molar-refractivity contribution in [3.63, 3.8) is 0 Å².